The third kappa shape index (κ3) is 7.22. The molecule has 1 N–H and O–H groups in total. The van der Waals surface area contributed by atoms with Crippen molar-refractivity contribution in [2.45, 2.75) is 50.6 Å². The van der Waals surface area contributed by atoms with E-state index in [0.29, 0.717) is 24.2 Å². The first-order valence-electron chi connectivity index (χ1n) is 12.4. The Hall–Kier alpha value is -2.13. The average molecular weight is 535 g/mol. The van der Waals surface area contributed by atoms with Crippen LogP contribution in [0.2, 0.25) is 5.02 Å². The maximum Gasteiger partial charge on any atom is 0.221 e. The molecule has 1 saturated heterocycles. The van der Waals surface area contributed by atoms with Gasteiger partial charge in [0.1, 0.15) is 16.7 Å². The second-order valence-electron chi connectivity index (χ2n) is 9.69. The lowest BCUT2D eigenvalue weighted by atomic mass is 10.0. The second kappa shape index (κ2) is 12.9. The molecule has 1 heterocycles. The molecule has 0 aliphatic carbocycles. The fourth-order valence-corrected chi connectivity index (χ4v) is 6.19. The van der Waals surface area contributed by atoms with Gasteiger partial charge in [-0.1, -0.05) is 17.7 Å². The lowest BCUT2D eigenvalue weighted by molar-refractivity contribution is -0.121. The number of benzene rings is 2. The van der Waals surface area contributed by atoms with Crippen LogP contribution < -0.4 is 15.0 Å². The van der Waals surface area contributed by atoms with E-state index in [0.717, 1.165) is 59.0 Å². The van der Waals surface area contributed by atoms with E-state index < -0.39 is 11.0 Å². The number of anilines is 1. The minimum atomic E-state index is -1.36. The molecule has 1 atom stereocenters. The van der Waals surface area contributed by atoms with Crippen LogP contribution in [0.25, 0.3) is 0 Å². The monoisotopic (exact) mass is 534 g/mol. The number of piperidine rings is 1. The van der Waals surface area contributed by atoms with Crippen LogP contribution in [-0.2, 0) is 22.3 Å². The molecule has 0 aromatic heterocycles. The fraction of sp³-hybridized carbons (Fsp3) is 0.519. The molecule has 1 aliphatic heterocycles. The quantitative estimate of drug-likeness (QED) is 0.496. The second-order valence-corrected chi connectivity index (χ2v) is 11.6. The Morgan fingerprint density at radius 2 is 1.78 bits per heavy atom. The van der Waals surface area contributed by atoms with Gasteiger partial charge in [0.15, 0.2) is 0 Å². The van der Waals surface area contributed by atoms with Crippen molar-refractivity contribution in [3.63, 3.8) is 0 Å². The maximum atomic E-state index is 13.1. The minimum Gasteiger partial charge on any atom is -0.497 e. The van der Waals surface area contributed by atoms with Crippen molar-refractivity contribution in [3.05, 3.63) is 52.0 Å². The first-order chi connectivity index (χ1) is 17.1. The van der Waals surface area contributed by atoms with Gasteiger partial charge in [-0.25, -0.2) is 8.51 Å². The van der Waals surface area contributed by atoms with Gasteiger partial charge in [-0.3, -0.25) is 4.79 Å². The molecule has 0 bridgehead atoms. The summed E-state index contributed by atoms with van der Waals surface area (Å²) in [7, 11) is 6.30. The lowest BCUT2D eigenvalue weighted by Crippen LogP contribution is -2.42. The number of amides is 1. The summed E-state index contributed by atoms with van der Waals surface area (Å²) < 4.78 is 20.1. The molecule has 3 rings (SSSR count). The number of carbonyl (C=O) groups is 1. The number of methoxy groups -OCH3 is 1. The van der Waals surface area contributed by atoms with E-state index in [1.54, 1.807) is 18.5 Å². The Kier molecular flexibility index (Phi) is 10.2. The first kappa shape index (κ1) is 28.4. The van der Waals surface area contributed by atoms with E-state index in [1.165, 1.54) is 0 Å². The molecule has 1 aliphatic rings. The molecular weight excluding hydrogens is 496 g/mol. The maximum absolute atomic E-state index is 13.1. The van der Waals surface area contributed by atoms with Crippen molar-refractivity contribution in [2.24, 2.45) is 0 Å². The molecule has 198 valence electrons. The van der Waals surface area contributed by atoms with Crippen LogP contribution in [0.15, 0.2) is 35.2 Å². The number of aryl methyl sites for hydroxylation is 2. The predicted octanol–water partition coefficient (Wildman–Crippen LogP) is 4.16. The zero-order valence-electron chi connectivity index (χ0n) is 22.3. The van der Waals surface area contributed by atoms with Crippen LogP contribution in [0.5, 0.6) is 5.75 Å². The van der Waals surface area contributed by atoms with Crippen molar-refractivity contribution in [2.75, 3.05) is 52.8 Å². The van der Waals surface area contributed by atoms with Gasteiger partial charge in [-0.05, 0) is 81.7 Å². The van der Waals surface area contributed by atoms with Crippen molar-refractivity contribution in [3.8, 4) is 5.75 Å². The topological polar surface area (TPSA) is 65.1 Å². The third-order valence-corrected chi connectivity index (χ3v) is 8.86. The SMILES string of the molecule is COc1cc(C)c(S(=O)N(C)CCC(=O)NCc2ccc(N3CCC(N(C)C)CC3)c(Cl)c2)c(C)c1. The molecule has 0 saturated carbocycles. The van der Waals surface area contributed by atoms with Gasteiger partial charge in [0.25, 0.3) is 0 Å². The van der Waals surface area contributed by atoms with E-state index in [4.69, 9.17) is 16.3 Å². The largest absolute Gasteiger partial charge is 0.497 e. The molecule has 1 amide bonds. The van der Waals surface area contributed by atoms with Crippen LogP contribution >= 0.6 is 11.6 Å². The van der Waals surface area contributed by atoms with Gasteiger partial charge < -0.3 is 19.9 Å². The number of ether oxygens (including phenoxy) is 1. The van der Waals surface area contributed by atoms with E-state index in [2.05, 4.69) is 35.3 Å². The molecule has 0 radical (unpaired) electrons. The predicted molar refractivity (Wildman–Crippen MR) is 148 cm³/mol. The van der Waals surface area contributed by atoms with Gasteiger partial charge >= 0.3 is 0 Å². The smallest absolute Gasteiger partial charge is 0.221 e. The van der Waals surface area contributed by atoms with E-state index in [-0.39, 0.29) is 12.3 Å². The van der Waals surface area contributed by atoms with Crippen LogP contribution in [0, 0.1) is 13.8 Å². The summed E-state index contributed by atoms with van der Waals surface area (Å²) in [6, 6.07) is 10.4. The highest BCUT2D eigenvalue weighted by molar-refractivity contribution is 7.82. The highest BCUT2D eigenvalue weighted by atomic mass is 35.5. The van der Waals surface area contributed by atoms with Crippen LogP contribution in [0.3, 0.4) is 0 Å². The summed E-state index contributed by atoms with van der Waals surface area (Å²) in [5.41, 5.74) is 3.83. The molecule has 1 unspecified atom stereocenters. The van der Waals surface area contributed by atoms with Crippen LogP contribution in [0.4, 0.5) is 5.69 Å². The Morgan fingerprint density at radius 1 is 1.14 bits per heavy atom. The zero-order valence-corrected chi connectivity index (χ0v) is 23.8. The van der Waals surface area contributed by atoms with Crippen molar-refractivity contribution in [1.29, 1.82) is 0 Å². The van der Waals surface area contributed by atoms with Gasteiger partial charge in [0, 0.05) is 45.7 Å². The summed E-state index contributed by atoms with van der Waals surface area (Å²) in [6.45, 7) is 6.61. The number of nitrogens with zero attached hydrogens (tertiary/aromatic N) is 3. The van der Waals surface area contributed by atoms with Gasteiger partial charge in [0.2, 0.25) is 5.91 Å². The molecular formula is C27H39ClN4O3S. The number of nitrogens with one attached hydrogen (secondary N) is 1. The van der Waals surface area contributed by atoms with E-state index >= 15 is 0 Å². The summed E-state index contributed by atoms with van der Waals surface area (Å²) >= 11 is 6.60. The van der Waals surface area contributed by atoms with Crippen molar-refractivity contribution >= 4 is 34.2 Å². The summed E-state index contributed by atoms with van der Waals surface area (Å²) in [5, 5.41) is 3.67. The van der Waals surface area contributed by atoms with Crippen molar-refractivity contribution in [1.82, 2.24) is 14.5 Å². The summed E-state index contributed by atoms with van der Waals surface area (Å²) in [6.07, 6.45) is 2.50. The van der Waals surface area contributed by atoms with Crippen molar-refractivity contribution < 1.29 is 13.7 Å². The Bertz CT molecular complexity index is 1060. The average Bonchev–Trinajstić information content (AvgIpc) is 2.85. The number of hydrogen-bond donors (Lipinski definition) is 1. The van der Waals surface area contributed by atoms with Gasteiger partial charge in [-0.2, -0.15) is 0 Å². The molecule has 2 aromatic rings. The molecule has 1 fully saturated rings. The first-order valence-corrected chi connectivity index (χ1v) is 13.8. The molecule has 2 aromatic carbocycles. The van der Waals surface area contributed by atoms with Gasteiger partial charge in [0.05, 0.1) is 22.7 Å². The Morgan fingerprint density at radius 3 is 2.33 bits per heavy atom. The Labute approximate surface area is 223 Å². The summed E-state index contributed by atoms with van der Waals surface area (Å²) in [5.74, 6) is 0.655. The summed E-state index contributed by atoms with van der Waals surface area (Å²) in [4.78, 5) is 17.9. The van der Waals surface area contributed by atoms with Crippen LogP contribution in [0.1, 0.15) is 36.0 Å². The number of carbonyl (C=O) groups excluding carboxylic acids is 1. The normalized spacial score (nSPS) is 15.4. The molecule has 36 heavy (non-hydrogen) atoms. The minimum absolute atomic E-state index is 0.0898. The lowest BCUT2D eigenvalue weighted by Gasteiger charge is -2.36. The van der Waals surface area contributed by atoms with Gasteiger partial charge in [-0.15, -0.1) is 0 Å². The van der Waals surface area contributed by atoms with E-state index in [1.807, 2.05) is 38.1 Å². The van der Waals surface area contributed by atoms with E-state index in [9.17, 15) is 9.00 Å². The molecule has 0 spiro atoms. The van der Waals surface area contributed by atoms with Crippen LogP contribution in [-0.4, -0.2) is 73.3 Å². The fourth-order valence-electron chi connectivity index (χ4n) is 4.63. The third-order valence-electron chi connectivity index (χ3n) is 6.82. The zero-order chi connectivity index (χ0) is 26.4. The standard InChI is InChI=1S/C27H39ClN4O3S/c1-19-15-23(35-6)16-20(2)27(19)36(34)31(5)12-11-26(33)29-18-21-7-8-25(24(28)17-21)32-13-9-22(10-14-32)30(3)4/h7-8,15-17,22H,9-14,18H2,1-6H3,(H,29,33). The number of hydrogen-bond acceptors (Lipinski definition) is 5. The highest BCUT2D eigenvalue weighted by Crippen LogP contribution is 2.30. The molecule has 9 heteroatoms. The number of halogens is 1. The Balaban J connectivity index is 1.49. The number of rotatable bonds is 10. The highest BCUT2D eigenvalue weighted by Gasteiger charge is 2.22. The molecule has 7 nitrogen and oxygen atoms in total.